The van der Waals surface area contributed by atoms with Crippen molar-refractivity contribution in [2.24, 2.45) is 7.05 Å². The second-order valence-corrected chi connectivity index (χ2v) is 7.26. The number of aromatic nitrogens is 2. The highest BCUT2D eigenvalue weighted by Crippen LogP contribution is 2.25. The summed E-state index contributed by atoms with van der Waals surface area (Å²) in [7, 11) is 1.75. The summed E-state index contributed by atoms with van der Waals surface area (Å²) in [5.41, 5.74) is 2.56. The van der Waals surface area contributed by atoms with E-state index in [1.54, 1.807) is 16.2 Å². The Morgan fingerprint density at radius 1 is 1.20 bits per heavy atom. The number of hydrogen-bond donors (Lipinski definition) is 1. The predicted molar refractivity (Wildman–Crippen MR) is 99.9 cm³/mol. The standard InChI is InChI=1S/C18H22BrN3O3/c1-21-16-12(6-3-2-4-11-19)7-5-8-13(16)22(18(21)25)14-9-10-15(23)20-17(14)24/h5,7-8,14H,2-4,6,9-11H2,1H3,(H,20,23,24). The monoisotopic (exact) mass is 407 g/mol. The molecule has 134 valence electrons. The lowest BCUT2D eigenvalue weighted by Gasteiger charge is -2.21. The topological polar surface area (TPSA) is 73.1 Å². The molecular weight excluding hydrogens is 386 g/mol. The van der Waals surface area contributed by atoms with Crippen molar-refractivity contribution in [3.05, 3.63) is 34.2 Å². The van der Waals surface area contributed by atoms with Crippen LogP contribution in [-0.4, -0.2) is 26.3 Å². The number of para-hydroxylation sites is 1. The summed E-state index contributed by atoms with van der Waals surface area (Å²) < 4.78 is 3.16. The van der Waals surface area contributed by atoms with Crippen LogP contribution in [0.15, 0.2) is 23.0 Å². The van der Waals surface area contributed by atoms with Crippen LogP contribution in [0.25, 0.3) is 11.0 Å². The highest BCUT2D eigenvalue weighted by molar-refractivity contribution is 9.09. The summed E-state index contributed by atoms with van der Waals surface area (Å²) in [6.45, 7) is 0. The molecule has 0 spiro atoms. The van der Waals surface area contributed by atoms with Gasteiger partial charge in [0.25, 0.3) is 0 Å². The number of fused-ring (bicyclic) bond motifs is 1. The highest BCUT2D eigenvalue weighted by atomic mass is 79.9. The zero-order valence-electron chi connectivity index (χ0n) is 14.3. The second-order valence-electron chi connectivity index (χ2n) is 6.46. The second kappa shape index (κ2) is 7.56. The number of hydrogen-bond acceptors (Lipinski definition) is 3. The maximum atomic E-state index is 12.8. The lowest BCUT2D eigenvalue weighted by molar-refractivity contribution is -0.135. The van der Waals surface area contributed by atoms with Crippen molar-refractivity contribution < 1.29 is 9.59 Å². The van der Waals surface area contributed by atoms with Crippen molar-refractivity contribution in [3.8, 4) is 0 Å². The molecule has 2 heterocycles. The lowest BCUT2D eigenvalue weighted by atomic mass is 10.0. The van der Waals surface area contributed by atoms with Gasteiger partial charge in [-0.15, -0.1) is 0 Å². The number of carbonyl (C=O) groups is 2. The zero-order valence-corrected chi connectivity index (χ0v) is 15.8. The van der Waals surface area contributed by atoms with Crippen LogP contribution in [0.3, 0.4) is 0 Å². The Bertz CT molecular complexity index is 868. The number of unbranched alkanes of at least 4 members (excludes halogenated alkanes) is 2. The molecule has 1 aliphatic rings. The molecule has 1 aliphatic heterocycles. The molecule has 7 heteroatoms. The van der Waals surface area contributed by atoms with Crippen LogP contribution in [-0.2, 0) is 23.1 Å². The largest absolute Gasteiger partial charge is 0.329 e. The molecule has 1 atom stereocenters. The number of nitrogens with one attached hydrogen (secondary N) is 1. The Hall–Kier alpha value is -1.89. The number of nitrogens with zero attached hydrogens (tertiary/aromatic N) is 2. The first-order chi connectivity index (χ1) is 12.0. The number of carbonyl (C=O) groups excluding carboxylic acids is 2. The minimum atomic E-state index is -0.627. The number of piperidine rings is 1. The fourth-order valence-electron chi connectivity index (χ4n) is 3.54. The van der Waals surface area contributed by atoms with E-state index in [-0.39, 0.29) is 18.0 Å². The number of rotatable bonds is 6. The molecular formula is C18H22BrN3O3. The van der Waals surface area contributed by atoms with E-state index in [2.05, 4.69) is 21.2 Å². The minimum Gasteiger partial charge on any atom is -0.295 e. The number of halogens is 1. The summed E-state index contributed by atoms with van der Waals surface area (Å²) in [5, 5.41) is 3.34. The van der Waals surface area contributed by atoms with Crippen LogP contribution in [0.5, 0.6) is 0 Å². The van der Waals surface area contributed by atoms with Crippen LogP contribution in [0.2, 0.25) is 0 Å². The van der Waals surface area contributed by atoms with Gasteiger partial charge in [-0.2, -0.15) is 0 Å². The Morgan fingerprint density at radius 3 is 2.72 bits per heavy atom. The summed E-state index contributed by atoms with van der Waals surface area (Å²) in [5.74, 6) is -0.671. The van der Waals surface area contributed by atoms with Gasteiger partial charge < -0.3 is 0 Å². The molecule has 1 saturated heterocycles. The third-order valence-corrected chi connectivity index (χ3v) is 5.35. The number of alkyl halides is 1. The predicted octanol–water partition coefficient (Wildman–Crippen LogP) is 2.43. The van der Waals surface area contributed by atoms with Crippen LogP contribution < -0.4 is 11.0 Å². The molecule has 1 aromatic carbocycles. The first kappa shape index (κ1) is 17.9. The average Bonchev–Trinajstić information content (AvgIpc) is 2.84. The average molecular weight is 408 g/mol. The van der Waals surface area contributed by atoms with Crippen LogP contribution in [0, 0.1) is 0 Å². The quantitative estimate of drug-likeness (QED) is 0.453. The molecule has 0 aliphatic carbocycles. The van der Waals surface area contributed by atoms with Gasteiger partial charge in [0, 0.05) is 18.8 Å². The maximum absolute atomic E-state index is 12.8. The molecule has 2 aromatic rings. The van der Waals surface area contributed by atoms with E-state index in [1.807, 2.05) is 18.2 Å². The van der Waals surface area contributed by atoms with Crippen molar-refractivity contribution >= 4 is 38.8 Å². The SMILES string of the molecule is Cn1c(=O)n(C2CCC(=O)NC2=O)c2cccc(CCCCCBr)c21. The Balaban J connectivity index is 2.00. The van der Waals surface area contributed by atoms with Crippen molar-refractivity contribution in [1.29, 1.82) is 0 Å². The van der Waals surface area contributed by atoms with Gasteiger partial charge in [-0.05, 0) is 37.3 Å². The summed E-state index contributed by atoms with van der Waals surface area (Å²) in [6, 6.07) is 5.23. The molecule has 0 radical (unpaired) electrons. The number of amides is 2. The smallest absolute Gasteiger partial charge is 0.295 e. The van der Waals surface area contributed by atoms with Gasteiger partial charge in [0.1, 0.15) is 6.04 Å². The molecule has 0 saturated carbocycles. The minimum absolute atomic E-state index is 0.211. The molecule has 3 rings (SSSR count). The first-order valence-electron chi connectivity index (χ1n) is 8.63. The van der Waals surface area contributed by atoms with Gasteiger partial charge in [0.2, 0.25) is 11.8 Å². The van der Waals surface area contributed by atoms with E-state index in [4.69, 9.17) is 0 Å². The van der Waals surface area contributed by atoms with E-state index >= 15 is 0 Å². The van der Waals surface area contributed by atoms with E-state index in [9.17, 15) is 14.4 Å². The van der Waals surface area contributed by atoms with Crippen molar-refractivity contribution in [1.82, 2.24) is 14.5 Å². The fourth-order valence-corrected chi connectivity index (χ4v) is 3.93. The van der Waals surface area contributed by atoms with Gasteiger partial charge >= 0.3 is 5.69 Å². The number of benzene rings is 1. The maximum Gasteiger partial charge on any atom is 0.329 e. The molecule has 1 unspecified atom stereocenters. The van der Waals surface area contributed by atoms with Gasteiger partial charge in [-0.3, -0.25) is 24.0 Å². The zero-order chi connectivity index (χ0) is 18.0. The fraction of sp³-hybridized carbons (Fsp3) is 0.500. The van der Waals surface area contributed by atoms with Crippen molar-refractivity contribution in [3.63, 3.8) is 0 Å². The summed E-state index contributed by atoms with van der Waals surface area (Å²) in [4.78, 5) is 36.4. The number of aryl methyl sites for hydroxylation is 2. The molecule has 2 amide bonds. The number of imidazole rings is 1. The summed E-state index contributed by atoms with van der Waals surface area (Å²) in [6.07, 6.45) is 4.83. The molecule has 0 bridgehead atoms. The molecule has 1 fully saturated rings. The first-order valence-corrected chi connectivity index (χ1v) is 9.75. The van der Waals surface area contributed by atoms with Gasteiger partial charge in [-0.25, -0.2) is 4.79 Å². The Labute approximate surface area is 154 Å². The Morgan fingerprint density at radius 2 is 2.00 bits per heavy atom. The van der Waals surface area contributed by atoms with Crippen molar-refractivity contribution in [2.75, 3.05) is 5.33 Å². The van der Waals surface area contributed by atoms with Crippen molar-refractivity contribution in [2.45, 2.75) is 44.6 Å². The molecule has 1 N–H and O–H groups in total. The lowest BCUT2D eigenvalue weighted by Crippen LogP contribution is -2.44. The van der Waals surface area contributed by atoms with E-state index in [1.165, 1.54) is 0 Å². The normalized spacial score (nSPS) is 17.9. The third kappa shape index (κ3) is 3.42. The van der Waals surface area contributed by atoms with E-state index < -0.39 is 11.9 Å². The van der Waals surface area contributed by atoms with Gasteiger partial charge in [-0.1, -0.05) is 34.5 Å². The molecule has 1 aromatic heterocycles. The summed E-state index contributed by atoms with van der Waals surface area (Å²) >= 11 is 3.44. The third-order valence-electron chi connectivity index (χ3n) is 4.79. The number of imide groups is 1. The van der Waals surface area contributed by atoms with Gasteiger partial charge in [0.15, 0.2) is 0 Å². The van der Waals surface area contributed by atoms with Gasteiger partial charge in [0.05, 0.1) is 11.0 Å². The van der Waals surface area contributed by atoms with E-state index in [0.29, 0.717) is 6.42 Å². The van der Waals surface area contributed by atoms with E-state index in [0.717, 1.165) is 47.6 Å². The van der Waals surface area contributed by atoms with Crippen LogP contribution in [0.4, 0.5) is 0 Å². The molecule has 6 nitrogen and oxygen atoms in total. The molecule has 25 heavy (non-hydrogen) atoms. The highest BCUT2D eigenvalue weighted by Gasteiger charge is 2.31. The Kier molecular flexibility index (Phi) is 5.42. The van der Waals surface area contributed by atoms with Crippen LogP contribution >= 0.6 is 15.9 Å². The van der Waals surface area contributed by atoms with Crippen LogP contribution in [0.1, 0.15) is 43.7 Å².